The van der Waals surface area contributed by atoms with E-state index in [1.807, 2.05) is 6.07 Å². The monoisotopic (exact) mass is 291 g/mol. The largest absolute Gasteiger partial charge is 0.313 e. The molecule has 2 heteroatoms. The molecule has 1 aliphatic carbocycles. The fourth-order valence-electron chi connectivity index (χ4n) is 3.99. The Bertz CT molecular complexity index is 490. The van der Waals surface area contributed by atoms with Crippen LogP contribution in [-0.2, 0) is 6.42 Å². The van der Waals surface area contributed by atoms with E-state index in [1.165, 1.54) is 5.56 Å². The Morgan fingerprint density at radius 2 is 1.81 bits per heavy atom. The molecule has 1 N–H and O–H groups in total. The molecule has 1 saturated carbocycles. The SMILES string of the molecule is CCCNC(Cc1cc(F)ccc1C)C1C(C)(C)C1(C)C. The molecule has 0 aliphatic heterocycles. The van der Waals surface area contributed by atoms with Gasteiger partial charge in [0.15, 0.2) is 0 Å². The minimum absolute atomic E-state index is 0.126. The molecule has 1 unspecified atom stereocenters. The van der Waals surface area contributed by atoms with Gasteiger partial charge in [-0.25, -0.2) is 4.39 Å². The smallest absolute Gasteiger partial charge is 0.123 e. The Morgan fingerprint density at radius 3 is 2.33 bits per heavy atom. The Morgan fingerprint density at radius 1 is 1.19 bits per heavy atom. The molecular formula is C19H30FN. The topological polar surface area (TPSA) is 12.0 Å². The molecule has 21 heavy (non-hydrogen) atoms. The quantitative estimate of drug-likeness (QED) is 0.799. The predicted octanol–water partition coefficient (Wildman–Crippen LogP) is 4.73. The van der Waals surface area contributed by atoms with Gasteiger partial charge >= 0.3 is 0 Å². The molecule has 0 radical (unpaired) electrons. The summed E-state index contributed by atoms with van der Waals surface area (Å²) >= 11 is 0. The summed E-state index contributed by atoms with van der Waals surface area (Å²) in [6.45, 7) is 14.7. The molecule has 2 rings (SSSR count). The molecule has 0 aromatic heterocycles. The Hall–Kier alpha value is -0.890. The van der Waals surface area contributed by atoms with Crippen molar-refractivity contribution in [2.75, 3.05) is 6.54 Å². The molecule has 0 amide bonds. The van der Waals surface area contributed by atoms with Crippen LogP contribution in [0.5, 0.6) is 0 Å². The fourth-order valence-corrected chi connectivity index (χ4v) is 3.99. The molecule has 1 aromatic carbocycles. The van der Waals surface area contributed by atoms with Gasteiger partial charge in [-0.1, -0.05) is 40.7 Å². The molecule has 118 valence electrons. The van der Waals surface area contributed by atoms with Crippen LogP contribution in [0.1, 0.15) is 52.2 Å². The van der Waals surface area contributed by atoms with Gasteiger partial charge in [-0.2, -0.15) is 0 Å². The van der Waals surface area contributed by atoms with E-state index in [-0.39, 0.29) is 5.82 Å². The van der Waals surface area contributed by atoms with Crippen molar-refractivity contribution in [3.05, 3.63) is 35.1 Å². The van der Waals surface area contributed by atoms with Gasteiger partial charge in [0.1, 0.15) is 5.82 Å². The van der Waals surface area contributed by atoms with E-state index >= 15 is 0 Å². The molecule has 0 saturated heterocycles. The van der Waals surface area contributed by atoms with Crippen molar-refractivity contribution >= 4 is 0 Å². The third-order valence-corrected chi connectivity index (χ3v) is 5.94. The summed E-state index contributed by atoms with van der Waals surface area (Å²) < 4.78 is 13.6. The lowest BCUT2D eigenvalue weighted by atomic mass is 9.94. The summed E-state index contributed by atoms with van der Waals surface area (Å²) in [6.07, 6.45) is 2.05. The average Bonchev–Trinajstić information content (AvgIpc) is 2.80. The van der Waals surface area contributed by atoms with Crippen molar-refractivity contribution in [3.63, 3.8) is 0 Å². The third kappa shape index (κ3) is 3.01. The predicted molar refractivity (Wildman–Crippen MR) is 88.0 cm³/mol. The van der Waals surface area contributed by atoms with Crippen molar-refractivity contribution < 1.29 is 4.39 Å². The van der Waals surface area contributed by atoms with E-state index in [0.717, 1.165) is 24.9 Å². The summed E-state index contributed by atoms with van der Waals surface area (Å²) in [4.78, 5) is 0. The Kier molecular flexibility index (Phi) is 4.49. The lowest BCUT2D eigenvalue weighted by molar-refractivity contribution is 0.394. The first-order valence-corrected chi connectivity index (χ1v) is 8.20. The second-order valence-electron chi connectivity index (χ2n) is 7.76. The maximum atomic E-state index is 13.6. The number of hydrogen-bond donors (Lipinski definition) is 1. The standard InChI is InChI=1S/C19H30FN/c1-7-10-21-16(17-18(3,4)19(17,5)6)12-14-11-15(20)9-8-13(14)2/h8-9,11,16-17,21H,7,10,12H2,1-6H3. The van der Waals surface area contributed by atoms with E-state index in [4.69, 9.17) is 0 Å². The van der Waals surface area contributed by atoms with E-state index in [1.54, 1.807) is 12.1 Å². The van der Waals surface area contributed by atoms with Gasteiger partial charge in [0.05, 0.1) is 0 Å². The van der Waals surface area contributed by atoms with E-state index in [2.05, 4.69) is 46.9 Å². The Balaban J connectivity index is 2.20. The molecule has 0 spiro atoms. The van der Waals surface area contributed by atoms with Crippen molar-refractivity contribution in [2.45, 2.75) is 60.4 Å². The summed E-state index contributed by atoms with van der Waals surface area (Å²) in [6, 6.07) is 5.58. The van der Waals surface area contributed by atoms with Crippen molar-refractivity contribution in [1.82, 2.24) is 5.32 Å². The van der Waals surface area contributed by atoms with E-state index in [0.29, 0.717) is 22.8 Å². The maximum Gasteiger partial charge on any atom is 0.123 e. The lowest BCUT2D eigenvalue weighted by Crippen LogP contribution is -2.36. The van der Waals surface area contributed by atoms with Gasteiger partial charge in [-0.05, 0) is 66.3 Å². The van der Waals surface area contributed by atoms with E-state index < -0.39 is 0 Å². The summed E-state index contributed by atoms with van der Waals surface area (Å²) in [7, 11) is 0. The van der Waals surface area contributed by atoms with Crippen LogP contribution >= 0.6 is 0 Å². The highest BCUT2D eigenvalue weighted by Crippen LogP contribution is 2.69. The number of benzene rings is 1. The third-order valence-electron chi connectivity index (χ3n) is 5.94. The normalized spacial score (nSPS) is 21.3. The minimum Gasteiger partial charge on any atom is -0.313 e. The molecule has 0 heterocycles. The first kappa shape index (κ1) is 16.5. The number of aryl methyl sites for hydroxylation is 1. The first-order chi connectivity index (χ1) is 9.71. The van der Waals surface area contributed by atoms with Crippen LogP contribution in [0.25, 0.3) is 0 Å². The molecule has 1 aromatic rings. The van der Waals surface area contributed by atoms with Gasteiger partial charge in [0.25, 0.3) is 0 Å². The number of halogens is 1. The zero-order valence-corrected chi connectivity index (χ0v) is 14.4. The highest BCUT2D eigenvalue weighted by atomic mass is 19.1. The van der Waals surface area contributed by atoms with Crippen LogP contribution in [0.2, 0.25) is 0 Å². The van der Waals surface area contributed by atoms with Gasteiger partial charge < -0.3 is 5.32 Å². The van der Waals surface area contributed by atoms with Crippen LogP contribution in [0.3, 0.4) is 0 Å². The average molecular weight is 291 g/mol. The molecule has 1 nitrogen and oxygen atoms in total. The maximum absolute atomic E-state index is 13.6. The highest BCUT2D eigenvalue weighted by molar-refractivity contribution is 5.29. The van der Waals surface area contributed by atoms with Crippen LogP contribution in [0.4, 0.5) is 4.39 Å². The summed E-state index contributed by atoms with van der Waals surface area (Å²) in [5, 5.41) is 3.72. The molecule has 1 atom stereocenters. The van der Waals surface area contributed by atoms with Crippen molar-refractivity contribution in [2.24, 2.45) is 16.7 Å². The zero-order valence-electron chi connectivity index (χ0n) is 14.4. The van der Waals surface area contributed by atoms with Crippen LogP contribution < -0.4 is 5.32 Å². The minimum atomic E-state index is -0.126. The molecule has 1 aliphatic rings. The zero-order chi connectivity index (χ0) is 15.8. The number of rotatable bonds is 6. The lowest BCUT2D eigenvalue weighted by Gasteiger charge is -2.22. The van der Waals surface area contributed by atoms with Gasteiger partial charge in [-0.3, -0.25) is 0 Å². The second-order valence-corrected chi connectivity index (χ2v) is 7.76. The van der Waals surface area contributed by atoms with Crippen LogP contribution in [0.15, 0.2) is 18.2 Å². The first-order valence-electron chi connectivity index (χ1n) is 8.20. The summed E-state index contributed by atoms with van der Waals surface area (Å²) in [5.74, 6) is 0.512. The molecule has 1 fully saturated rings. The number of hydrogen-bond acceptors (Lipinski definition) is 1. The second kappa shape index (κ2) is 5.72. The Labute approximate surface area is 129 Å². The van der Waals surface area contributed by atoms with Crippen LogP contribution in [0, 0.1) is 29.5 Å². The van der Waals surface area contributed by atoms with Gasteiger partial charge in [0.2, 0.25) is 0 Å². The molecule has 0 bridgehead atoms. The van der Waals surface area contributed by atoms with Crippen LogP contribution in [-0.4, -0.2) is 12.6 Å². The van der Waals surface area contributed by atoms with Gasteiger partial charge in [-0.15, -0.1) is 0 Å². The molecular weight excluding hydrogens is 261 g/mol. The van der Waals surface area contributed by atoms with Gasteiger partial charge in [0, 0.05) is 6.04 Å². The highest BCUT2D eigenvalue weighted by Gasteiger charge is 2.66. The summed E-state index contributed by atoms with van der Waals surface area (Å²) in [5.41, 5.74) is 3.03. The fraction of sp³-hybridized carbons (Fsp3) is 0.684. The number of nitrogens with one attached hydrogen (secondary N) is 1. The van der Waals surface area contributed by atoms with E-state index in [9.17, 15) is 4.39 Å². The van der Waals surface area contributed by atoms with Crippen molar-refractivity contribution in [1.29, 1.82) is 0 Å². The van der Waals surface area contributed by atoms with Crippen molar-refractivity contribution in [3.8, 4) is 0 Å².